The van der Waals surface area contributed by atoms with Crippen molar-refractivity contribution < 1.29 is 9.47 Å². The lowest BCUT2D eigenvalue weighted by atomic mass is 9.88. The van der Waals surface area contributed by atoms with Crippen LogP contribution in [0.15, 0.2) is 35.3 Å². The van der Waals surface area contributed by atoms with Crippen LogP contribution in [0.3, 0.4) is 0 Å². The number of rotatable bonds is 4. The van der Waals surface area contributed by atoms with E-state index in [9.17, 15) is 0 Å². The van der Waals surface area contributed by atoms with Gasteiger partial charge in [-0.05, 0) is 24.8 Å². The minimum absolute atomic E-state index is 0.0580. The molecule has 2 aliphatic heterocycles. The molecule has 3 unspecified atom stereocenters. The smallest absolute Gasteiger partial charge is 0.157 e. The Morgan fingerprint density at radius 2 is 2.20 bits per heavy atom. The van der Waals surface area contributed by atoms with Crippen LogP contribution >= 0.6 is 11.8 Å². The Morgan fingerprint density at radius 1 is 1.35 bits per heavy atom. The molecular formula is C16H21NO2S. The molecule has 0 spiro atoms. The Labute approximate surface area is 124 Å². The number of benzene rings is 1. The van der Waals surface area contributed by atoms with E-state index in [0.717, 1.165) is 19.4 Å². The minimum Gasteiger partial charge on any atom is -0.353 e. The molecule has 3 rings (SSSR count). The van der Waals surface area contributed by atoms with E-state index < -0.39 is 0 Å². The molecular weight excluding hydrogens is 270 g/mol. The average Bonchev–Trinajstić information content (AvgIpc) is 2.89. The summed E-state index contributed by atoms with van der Waals surface area (Å²) in [6, 6.07) is 10.5. The second-order valence-electron chi connectivity index (χ2n) is 5.41. The van der Waals surface area contributed by atoms with Crippen LogP contribution in [0, 0.1) is 0 Å². The first-order chi connectivity index (χ1) is 9.81. The molecule has 0 amide bonds. The topological polar surface area (TPSA) is 30.8 Å². The van der Waals surface area contributed by atoms with Gasteiger partial charge in [0.25, 0.3) is 0 Å². The molecule has 2 aliphatic rings. The van der Waals surface area contributed by atoms with Crippen molar-refractivity contribution in [1.29, 1.82) is 0 Å². The summed E-state index contributed by atoms with van der Waals surface area (Å²) < 4.78 is 11.7. The number of ether oxygens (including phenoxy) is 2. The van der Waals surface area contributed by atoms with Gasteiger partial charge in [0.05, 0.1) is 12.2 Å². The molecule has 0 aromatic heterocycles. The monoisotopic (exact) mass is 291 g/mol. The molecule has 1 aromatic rings. The van der Waals surface area contributed by atoms with Crippen LogP contribution in [0.1, 0.15) is 31.7 Å². The third kappa shape index (κ3) is 2.78. The molecule has 1 saturated heterocycles. The Morgan fingerprint density at radius 3 is 2.85 bits per heavy atom. The lowest BCUT2D eigenvalue weighted by molar-refractivity contribution is -0.171. The maximum atomic E-state index is 6.05. The van der Waals surface area contributed by atoms with Crippen molar-refractivity contribution in [3.63, 3.8) is 0 Å². The van der Waals surface area contributed by atoms with Crippen molar-refractivity contribution in [3.05, 3.63) is 35.9 Å². The van der Waals surface area contributed by atoms with Gasteiger partial charge in [0.15, 0.2) is 6.29 Å². The van der Waals surface area contributed by atoms with Crippen LogP contribution in [-0.2, 0) is 15.0 Å². The molecule has 4 heteroatoms. The van der Waals surface area contributed by atoms with Crippen LogP contribution in [0.4, 0.5) is 0 Å². The zero-order valence-corrected chi connectivity index (χ0v) is 12.6. The lowest BCUT2D eigenvalue weighted by Crippen LogP contribution is -2.38. The van der Waals surface area contributed by atoms with Crippen molar-refractivity contribution in [2.75, 3.05) is 13.2 Å². The summed E-state index contributed by atoms with van der Waals surface area (Å²) in [5, 5.41) is 0.383. The van der Waals surface area contributed by atoms with E-state index in [4.69, 9.17) is 14.5 Å². The largest absolute Gasteiger partial charge is 0.353 e. The fourth-order valence-corrected chi connectivity index (χ4v) is 3.69. The van der Waals surface area contributed by atoms with Crippen molar-refractivity contribution in [2.24, 2.45) is 4.99 Å². The normalized spacial score (nSPS) is 33.5. The fourth-order valence-electron chi connectivity index (χ4n) is 2.77. The number of nitrogens with zero attached hydrogens (tertiary/aromatic N) is 1. The second kappa shape index (κ2) is 6.29. The van der Waals surface area contributed by atoms with Crippen molar-refractivity contribution in [1.82, 2.24) is 0 Å². The van der Waals surface area contributed by atoms with Crippen molar-refractivity contribution >= 4 is 17.3 Å². The van der Waals surface area contributed by atoms with Crippen LogP contribution in [0.25, 0.3) is 0 Å². The highest BCUT2D eigenvalue weighted by molar-refractivity contribution is 8.12. The van der Waals surface area contributed by atoms with Crippen LogP contribution < -0.4 is 0 Å². The molecule has 0 saturated carbocycles. The number of hydrogen-bond donors (Lipinski definition) is 0. The lowest BCUT2D eigenvalue weighted by Gasteiger charge is -2.33. The summed E-state index contributed by atoms with van der Waals surface area (Å²) in [4.78, 5) is 4.76. The molecule has 1 fully saturated rings. The standard InChI is InChI=1S/C16H21NO2S/c1-13-16(17-12-20-13,14-7-3-2-4-8-14)11-19-15-9-5-6-10-18-15/h2-4,7-8,12-13,15H,5-6,9-11H2,1H3. The Balaban J connectivity index is 1.75. The number of hydrogen-bond acceptors (Lipinski definition) is 4. The predicted molar refractivity (Wildman–Crippen MR) is 83.2 cm³/mol. The van der Waals surface area contributed by atoms with E-state index in [2.05, 4.69) is 31.2 Å². The third-order valence-corrected chi connectivity index (χ3v) is 5.15. The first-order valence-electron chi connectivity index (χ1n) is 7.29. The molecule has 3 atom stereocenters. The highest BCUT2D eigenvalue weighted by atomic mass is 32.2. The highest BCUT2D eigenvalue weighted by Gasteiger charge is 2.42. The van der Waals surface area contributed by atoms with E-state index in [-0.39, 0.29) is 11.8 Å². The maximum absolute atomic E-state index is 6.05. The number of aliphatic imine (C=N–C) groups is 1. The van der Waals surface area contributed by atoms with Gasteiger partial charge in [-0.1, -0.05) is 37.3 Å². The summed E-state index contributed by atoms with van der Waals surface area (Å²) in [7, 11) is 0. The van der Waals surface area contributed by atoms with Gasteiger partial charge in [0, 0.05) is 11.9 Å². The molecule has 0 bridgehead atoms. The summed E-state index contributed by atoms with van der Waals surface area (Å²) in [6.45, 7) is 3.62. The summed E-state index contributed by atoms with van der Waals surface area (Å²) in [5.41, 5.74) is 2.92. The Hall–Kier alpha value is -0.840. The molecule has 0 N–H and O–H groups in total. The van der Waals surface area contributed by atoms with Crippen LogP contribution in [0.2, 0.25) is 0 Å². The number of thioether (sulfide) groups is 1. The highest BCUT2D eigenvalue weighted by Crippen LogP contribution is 2.41. The van der Waals surface area contributed by atoms with E-state index >= 15 is 0 Å². The van der Waals surface area contributed by atoms with E-state index in [1.165, 1.54) is 12.0 Å². The van der Waals surface area contributed by atoms with Crippen LogP contribution in [-0.4, -0.2) is 30.3 Å². The van der Waals surface area contributed by atoms with Gasteiger partial charge in [-0.25, -0.2) is 0 Å². The van der Waals surface area contributed by atoms with E-state index in [1.807, 2.05) is 11.6 Å². The van der Waals surface area contributed by atoms with Gasteiger partial charge in [-0.2, -0.15) is 0 Å². The zero-order valence-electron chi connectivity index (χ0n) is 11.8. The molecule has 20 heavy (non-hydrogen) atoms. The summed E-state index contributed by atoms with van der Waals surface area (Å²) in [6.07, 6.45) is 3.28. The van der Waals surface area contributed by atoms with Crippen LogP contribution in [0.5, 0.6) is 0 Å². The van der Waals surface area contributed by atoms with Gasteiger partial charge < -0.3 is 9.47 Å². The van der Waals surface area contributed by atoms with Gasteiger partial charge in [-0.3, -0.25) is 4.99 Å². The Kier molecular flexibility index (Phi) is 4.44. The predicted octanol–water partition coefficient (Wildman–Crippen LogP) is 3.59. The molecule has 108 valence electrons. The first kappa shape index (κ1) is 14.1. The fraction of sp³-hybridized carbons (Fsp3) is 0.562. The van der Waals surface area contributed by atoms with Crippen molar-refractivity contribution in [2.45, 2.75) is 43.3 Å². The maximum Gasteiger partial charge on any atom is 0.157 e. The Bertz CT molecular complexity index is 459. The first-order valence-corrected chi connectivity index (χ1v) is 8.23. The SMILES string of the molecule is CC1SC=NC1(COC1CCCCO1)c1ccccc1. The molecule has 1 aromatic carbocycles. The van der Waals surface area contributed by atoms with Gasteiger partial charge in [0.2, 0.25) is 0 Å². The summed E-state index contributed by atoms with van der Waals surface area (Å²) >= 11 is 1.77. The zero-order chi connectivity index (χ0) is 13.8. The van der Waals surface area contributed by atoms with E-state index in [1.54, 1.807) is 11.8 Å². The van der Waals surface area contributed by atoms with Gasteiger partial charge in [-0.15, -0.1) is 11.8 Å². The van der Waals surface area contributed by atoms with E-state index in [0.29, 0.717) is 11.9 Å². The average molecular weight is 291 g/mol. The molecule has 3 nitrogen and oxygen atoms in total. The summed E-state index contributed by atoms with van der Waals surface area (Å²) in [5.74, 6) is 0. The van der Waals surface area contributed by atoms with Gasteiger partial charge in [0.1, 0.15) is 5.54 Å². The molecule has 2 heterocycles. The van der Waals surface area contributed by atoms with Gasteiger partial charge >= 0.3 is 0 Å². The minimum atomic E-state index is -0.271. The second-order valence-corrected chi connectivity index (χ2v) is 6.60. The molecule has 0 aliphatic carbocycles. The molecule has 0 radical (unpaired) electrons. The quantitative estimate of drug-likeness (QED) is 0.849. The third-order valence-electron chi connectivity index (χ3n) is 4.12. The van der Waals surface area contributed by atoms with Crippen molar-refractivity contribution in [3.8, 4) is 0 Å².